The Kier molecular flexibility index (Phi) is 4.10. The van der Waals surface area contributed by atoms with Crippen molar-refractivity contribution in [2.75, 3.05) is 17.6 Å². The molecule has 100 valence electrons. The molecule has 0 amide bonds. The standard InChI is InChI=1S/C17H22N2/c1-12-7-8-15(11-14(12)3)9-10-19-17-13(2)5-4-6-16(17)18/h4-8,11,19H,9-10,18H2,1-3H3. The Morgan fingerprint density at radius 1 is 0.947 bits per heavy atom. The molecule has 0 aliphatic heterocycles. The molecule has 2 nitrogen and oxygen atoms in total. The van der Waals surface area contributed by atoms with E-state index in [2.05, 4.69) is 50.4 Å². The van der Waals surface area contributed by atoms with Crippen LogP contribution in [-0.2, 0) is 6.42 Å². The van der Waals surface area contributed by atoms with Gasteiger partial charge in [-0.25, -0.2) is 0 Å². The minimum atomic E-state index is 0.820. The van der Waals surface area contributed by atoms with Crippen molar-refractivity contribution in [2.24, 2.45) is 0 Å². The van der Waals surface area contributed by atoms with Crippen molar-refractivity contribution in [3.05, 3.63) is 58.7 Å². The van der Waals surface area contributed by atoms with Gasteiger partial charge in [-0.1, -0.05) is 30.3 Å². The smallest absolute Gasteiger partial charge is 0.0603 e. The largest absolute Gasteiger partial charge is 0.397 e. The minimum Gasteiger partial charge on any atom is -0.397 e. The number of nitrogens with one attached hydrogen (secondary N) is 1. The zero-order valence-electron chi connectivity index (χ0n) is 12.0. The van der Waals surface area contributed by atoms with Crippen LogP contribution in [0.3, 0.4) is 0 Å². The first kappa shape index (κ1) is 13.5. The van der Waals surface area contributed by atoms with Crippen LogP contribution in [0, 0.1) is 20.8 Å². The number of hydrogen-bond acceptors (Lipinski definition) is 2. The zero-order chi connectivity index (χ0) is 13.8. The Morgan fingerprint density at radius 2 is 1.74 bits per heavy atom. The van der Waals surface area contributed by atoms with E-state index in [0.717, 1.165) is 24.3 Å². The van der Waals surface area contributed by atoms with Gasteiger partial charge >= 0.3 is 0 Å². The van der Waals surface area contributed by atoms with Crippen molar-refractivity contribution in [3.8, 4) is 0 Å². The Morgan fingerprint density at radius 3 is 2.42 bits per heavy atom. The van der Waals surface area contributed by atoms with Gasteiger partial charge in [-0.05, 0) is 55.5 Å². The Bertz CT molecular complexity index is 553. The van der Waals surface area contributed by atoms with Crippen molar-refractivity contribution in [1.82, 2.24) is 0 Å². The van der Waals surface area contributed by atoms with Crippen LogP contribution in [0.2, 0.25) is 0 Å². The molecule has 0 radical (unpaired) electrons. The van der Waals surface area contributed by atoms with E-state index in [1.165, 1.54) is 22.3 Å². The monoisotopic (exact) mass is 254 g/mol. The number of nitrogens with two attached hydrogens (primary N) is 1. The lowest BCUT2D eigenvalue weighted by atomic mass is 10.0. The number of aryl methyl sites for hydroxylation is 3. The second-order valence-electron chi connectivity index (χ2n) is 5.13. The van der Waals surface area contributed by atoms with E-state index < -0.39 is 0 Å². The summed E-state index contributed by atoms with van der Waals surface area (Å²) in [6.45, 7) is 7.28. The van der Waals surface area contributed by atoms with Gasteiger partial charge in [-0.2, -0.15) is 0 Å². The first-order valence-corrected chi connectivity index (χ1v) is 6.73. The fourth-order valence-electron chi connectivity index (χ4n) is 2.22. The Labute approximate surface area is 115 Å². The van der Waals surface area contributed by atoms with E-state index in [1.807, 2.05) is 12.1 Å². The van der Waals surface area contributed by atoms with Crippen LogP contribution in [0.1, 0.15) is 22.3 Å². The first-order valence-electron chi connectivity index (χ1n) is 6.73. The summed E-state index contributed by atoms with van der Waals surface area (Å²) in [4.78, 5) is 0. The summed E-state index contributed by atoms with van der Waals surface area (Å²) in [7, 11) is 0. The van der Waals surface area contributed by atoms with E-state index in [9.17, 15) is 0 Å². The Balaban J connectivity index is 1.98. The quantitative estimate of drug-likeness (QED) is 0.813. The maximum absolute atomic E-state index is 5.98. The molecule has 0 atom stereocenters. The van der Waals surface area contributed by atoms with E-state index in [0.29, 0.717) is 0 Å². The van der Waals surface area contributed by atoms with Gasteiger partial charge in [0, 0.05) is 6.54 Å². The molecule has 0 aromatic heterocycles. The van der Waals surface area contributed by atoms with Gasteiger partial charge < -0.3 is 11.1 Å². The molecule has 2 aromatic carbocycles. The highest BCUT2D eigenvalue weighted by Gasteiger charge is 2.02. The SMILES string of the molecule is Cc1ccc(CCNc2c(C)cccc2N)cc1C. The fraction of sp³-hybridized carbons (Fsp3) is 0.294. The number of anilines is 2. The molecule has 0 aliphatic rings. The second-order valence-corrected chi connectivity index (χ2v) is 5.13. The highest BCUT2D eigenvalue weighted by atomic mass is 14.9. The zero-order valence-corrected chi connectivity index (χ0v) is 12.0. The molecule has 0 unspecified atom stereocenters. The van der Waals surface area contributed by atoms with E-state index >= 15 is 0 Å². The number of benzene rings is 2. The molecule has 0 aliphatic carbocycles. The van der Waals surface area contributed by atoms with Crippen molar-refractivity contribution < 1.29 is 0 Å². The maximum atomic E-state index is 5.98. The Hall–Kier alpha value is -1.96. The maximum Gasteiger partial charge on any atom is 0.0603 e. The molecule has 0 fully saturated rings. The molecule has 0 spiro atoms. The van der Waals surface area contributed by atoms with Gasteiger partial charge in [0.2, 0.25) is 0 Å². The number of nitrogen functional groups attached to an aromatic ring is 1. The third kappa shape index (κ3) is 3.28. The molecule has 2 aromatic rings. The average Bonchev–Trinajstić information content (AvgIpc) is 2.37. The summed E-state index contributed by atoms with van der Waals surface area (Å²) in [5.41, 5.74) is 13.1. The van der Waals surface area contributed by atoms with Gasteiger partial charge in [0.05, 0.1) is 11.4 Å². The van der Waals surface area contributed by atoms with E-state index in [-0.39, 0.29) is 0 Å². The molecule has 2 heteroatoms. The highest BCUT2D eigenvalue weighted by Crippen LogP contribution is 2.22. The molecular weight excluding hydrogens is 232 g/mol. The third-order valence-electron chi connectivity index (χ3n) is 3.59. The summed E-state index contributed by atoms with van der Waals surface area (Å²) in [5.74, 6) is 0. The van der Waals surface area contributed by atoms with Crippen molar-refractivity contribution >= 4 is 11.4 Å². The molecular formula is C17H22N2. The van der Waals surface area contributed by atoms with E-state index in [4.69, 9.17) is 5.73 Å². The van der Waals surface area contributed by atoms with Crippen LogP contribution < -0.4 is 11.1 Å². The topological polar surface area (TPSA) is 38.0 Å². The number of rotatable bonds is 4. The summed E-state index contributed by atoms with van der Waals surface area (Å²) < 4.78 is 0. The van der Waals surface area contributed by atoms with Crippen molar-refractivity contribution in [3.63, 3.8) is 0 Å². The van der Waals surface area contributed by atoms with Crippen LogP contribution >= 0.6 is 0 Å². The van der Waals surface area contributed by atoms with Gasteiger partial charge in [0.1, 0.15) is 0 Å². The normalized spacial score (nSPS) is 10.5. The average molecular weight is 254 g/mol. The molecule has 0 heterocycles. The van der Waals surface area contributed by atoms with Crippen LogP contribution in [0.5, 0.6) is 0 Å². The second kappa shape index (κ2) is 5.79. The predicted molar refractivity (Wildman–Crippen MR) is 83.7 cm³/mol. The lowest BCUT2D eigenvalue weighted by Crippen LogP contribution is -2.08. The molecule has 0 saturated carbocycles. The van der Waals surface area contributed by atoms with Gasteiger partial charge in [-0.15, -0.1) is 0 Å². The first-order chi connectivity index (χ1) is 9.08. The van der Waals surface area contributed by atoms with Gasteiger partial charge in [-0.3, -0.25) is 0 Å². The molecule has 3 N–H and O–H groups in total. The summed E-state index contributed by atoms with van der Waals surface area (Å²) >= 11 is 0. The van der Waals surface area contributed by atoms with Crippen LogP contribution in [0.15, 0.2) is 36.4 Å². The fourth-order valence-corrected chi connectivity index (χ4v) is 2.22. The van der Waals surface area contributed by atoms with E-state index in [1.54, 1.807) is 0 Å². The lowest BCUT2D eigenvalue weighted by molar-refractivity contribution is 1.01. The lowest BCUT2D eigenvalue weighted by Gasteiger charge is -2.12. The van der Waals surface area contributed by atoms with Crippen molar-refractivity contribution in [1.29, 1.82) is 0 Å². The number of para-hydroxylation sites is 1. The summed E-state index contributed by atoms with van der Waals surface area (Å²) in [5, 5.41) is 3.44. The molecule has 0 bridgehead atoms. The van der Waals surface area contributed by atoms with Crippen molar-refractivity contribution in [2.45, 2.75) is 27.2 Å². The summed E-state index contributed by atoms with van der Waals surface area (Å²) in [6.07, 6.45) is 1.01. The summed E-state index contributed by atoms with van der Waals surface area (Å²) in [6, 6.07) is 12.6. The molecule has 19 heavy (non-hydrogen) atoms. The molecule has 0 saturated heterocycles. The van der Waals surface area contributed by atoms with Crippen LogP contribution in [-0.4, -0.2) is 6.54 Å². The van der Waals surface area contributed by atoms with Crippen LogP contribution in [0.25, 0.3) is 0 Å². The number of hydrogen-bond donors (Lipinski definition) is 2. The van der Waals surface area contributed by atoms with Gasteiger partial charge in [0.15, 0.2) is 0 Å². The van der Waals surface area contributed by atoms with Crippen LogP contribution in [0.4, 0.5) is 11.4 Å². The minimum absolute atomic E-state index is 0.820. The highest BCUT2D eigenvalue weighted by molar-refractivity contribution is 5.69. The third-order valence-corrected chi connectivity index (χ3v) is 3.59. The van der Waals surface area contributed by atoms with Gasteiger partial charge in [0.25, 0.3) is 0 Å². The molecule has 2 rings (SSSR count). The predicted octanol–water partition coefficient (Wildman–Crippen LogP) is 3.85.